The van der Waals surface area contributed by atoms with Crippen molar-refractivity contribution in [3.05, 3.63) is 12.2 Å². The minimum atomic E-state index is -0.0983. The summed E-state index contributed by atoms with van der Waals surface area (Å²) in [6.07, 6.45) is 10.2. The van der Waals surface area contributed by atoms with Crippen molar-refractivity contribution in [2.45, 2.75) is 71.4 Å². The number of hydrogen-bond acceptors (Lipinski definition) is 4. The molecule has 1 atom stereocenters. The molecule has 7 heteroatoms. The fourth-order valence-electron chi connectivity index (χ4n) is 4.41. The van der Waals surface area contributed by atoms with E-state index >= 15 is 0 Å². The number of amides is 2. The second-order valence-corrected chi connectivity index (χ2v) is 8.17. The topological polar surface area (TPSA) is 71.3 Å². The first-order chi connectivity index (χ1) is 13.1. The third-order valence-corrected chi connectivity index (χ3v) is 5.97. The highest BCUT2D eigenvalue weighted by molar-refractivity contribution is 5.83. The Bertz CT molecular complexity index is 638. The van der Waals surface area contributed by atoms with Gasteiger partial charge in [-0.05, 0) is 31.6 Å². The Morgan fingerprint density at radius 2 is 2.04 bits per heavy atom. The predicted octanol–water partition coefficient (Wildman–Crippen LogP) is 2.47. The van der Waals surface area contributed by atoms with Gasteiger partial charge in [0.1, 0.15) is 6.33 Å². The van der Waals surface area contributed by atoms with Gasteiger partial charge in [0.15, 0.2) is 5.82 Å². The van der Waals surface area contributed by atoms with Crippen molar-refractivity contribution in [2.75, 3.05) is 20.1 Å². The zero-order valence-corrected chi connectivity index (χ0v) is 16.8. The Labute approximate surface area is 162 Å². The molecule has 1 aromatic heterocycles. The van der Waals surface area contributed by atoms with E-state index in [2.05, 4.69) is 17.1 Å². The number of piperidine rings is 1. The second kappa shape index (κ2) is 9.33. The number of aromatic nitrogens is 3. The quantitative estimate of drug-likeness (QED) is 0.734. The van der Waals surface area contributed by atoms with Crippen molar-refractivity contribution in [1.82, 2.24) is 24.6 Å². The molecule has 2 aliphatic rings. The fraction of sp³-hybridized carbons (Fsp3) is 0.800. The first kappa shape index (κ1) is 19.8. The van der Waals surface area contributed by atoms with Gasteiger partial charge in [0, 0.05) is 33.1 Å². The maximum atomic E-state index is 13.0. The molecule has 3 rings (SSSR count). The van der Waals surface area contributed by atoms with Crippen molar-refractivity contribution in [3.63, 3.8) is 0 Å². The van der Waals surface area contributed by atoms with Crippen molar-refractivity contribution in [2.24, 2.45) is 11.8 Å². The minimum Gasteiger partial charge on any atom is -0.342 e. The number of rotatable bonds is 7. The van der Waals surface area contributed by atoms with E-state index in [-0.39, 0.29) is 17.7 Å². The SMILES string of the molecule is CCCn1cnnc1CN(C)C(=O)[C@@H]1CCC(=O)N(CC2CCCCC2)C1. The van der Waals surface area contributed by atoms with Crippen LogP contribution in [-0.2, 0) is 22.7 Å². The van der Waals surface area contributed by atoms with Crippen molar-refractivity contribution in [1.29, 1.82) is 0 Å². The molecule has 1 saturated heterocycles. The van der Waals surface area contributed by atoms with Crippen LogP contribution in [0, 0.1) is 11.8 Å². The summed E-state index contributed by atoms with van der Waals surface area (Å²) in [5, 5.41) is 8.14. The van der Waals surface area contributed by atoms with Crippen LogP contribution in [0.15, 0.2) is 6.33 Å². The molecule has 150 valence electrons. The van der Waals surface area contributed by atoms with Crippen LogP contribution in [0.2, 0.25) is 0 Å². The molecule has 0 aromatic carbocycles. The second-order valence-electron chi connectivity index (χ2n) is 8.17. The summed E-state index contributed by atoms with van der Waals surface area (Å²) in [6, 6.07) is 0. The summed E-state index contributed by atoms with van der Waals surface area (Å²) in [5.74, 6) is 1.66. The highest BCUT2D eigenvalue weighted by Gasteiger charge is 2.33. The minimum absolute atomic E-state index is 0.0983. The zero-order valence-electron chi connectivity index (χ0n) is 16.8. The normalized spacial score (nSPS) is 21.5. The summed E-state index contributed by atoms with van der Waals surface area (Å²) < 4.78 is 2.00. The third kappa shape index (κ3) is 5.08. The zero-order chi connectivity index (χ0) is 19.2. The Hall–Kier alpha value is -1.92. The van der Waals surface area contributed by atoms with E-state index < -0.39 is 0 Å². The lowest BCUT2D eigenvalue weighted by molar-refractivity contribution is -0.143. The number of carbonyl (C=O) groups excluding carboxylic acids is 2. The number of aryl methyl sites for hydroxylation is 1. The molecule has 0 N–H and O–H groups in total. The van der Waals surface area contributed by atoms with Crippen LogP contribution in [0.5, 0.6) is 0 Å². The lowest BCUT2D eigenvalue weighted by Crippen LogP contribution is -2.47. The molecule has 1 aliphatic carbocycles. The summed E-state index contributed by atoms with van der Waals surface area (Å²) in [4.78, 5) is 29.0. The van der Waals surface area contributed by atoms with Crippen LogP contribution >= 0.6 is 0 Å². The van der Waals surface area contributed by atoms with E-state index in [9.17, 15) is 9.59 Å². The summed E-state index contributed by atoms with van der Waals surface area (Å²) in [6.45, 7) is 4.83. The van der Waals surface area contributed by atoms with Crippen molar-refractivity contribution in [3.8, 4) is 0 Å². The Morgan fingerprint density at radius 3 is 2.78 bits per heavy atom. The smallest absolute Gasteiger partial charge is 0.227 e. The molecule has 2 amide bonds. The Kier molecular flexibility index (Phi) is 6.85. The molecule has 0 unspecified atom stereocenters. The number of carbonyl (C=O) groups is 2. The van der Waals surface area contributed by atoms with E-state index in [0.29, 0.717) is 31.8 Å². The van der Waals surface area contributed by atoms with Gasteiger partial charge in [0.25, 0.3) is 0 Å². The van der Waals surface area contributed by atoms with Crippen LogP contribution in [-0.4, -0.2) is 56.5 Å². The molecule has 1 aromatic rings. The Balaban J connectivity index is 1.56. The highest BCUT2D eigenvalue weighted by atomic mass is 16.2. The van der Waals surface area contributed by atoms with Gasteiger partial charge in [-0.1, -0.05) is 26.2 Å². The number of nitrogens with zero attached hydrogens (tertiary/aromatic N) is 5. The molecule has 2 heterocycles. The highest BCUT2D eigenvalue weighted by Crippen LogP contribution is 2.27. The molecule has 1 aliphatic heterocycles. The van der Waals surface area contributed by atoms with Crippen LogP contribution in [0.25, 0.3) is 0 Å². The lowest BCUT2D eigenvalue weighted by Gasteiger charge is -2.36. The monoisotopic (exact) mass is 375 g/mol. The van der Waals surface area contributed by atoms with E-state index in [0.717, 1.165) is 25.3 Å². The fourth-order valence-corrected chi connectivity index (χ4v) is 4.41. The summed E-state index contributed by atoms with van der Waals surface area (Å²) >= 11 is 0. The van der Waals surface area contributed by atoms with Crippen molar-refractivity contribution < 1.29 is 9.59 Å². The van der Waals surface area contributed by atoms with Gasteiger partial charge in [0.2, 0.25) is 11.8 Å². The summed E-state index contributed by atoms with van der Waals surface area (Å²) in [7, 11) is 1.83. The van der Waals surface area contributed by atoms with E-state index in [4.69, 9.17) is 0 Å². The van der Waals surface area contributed by atoms with E-state index in [1.54, 1.807) is 11.2 Å². The molecule has 0 bridgehead atoms. The van der Waals surface area contributed by atoms with E-state index in [1.165, 1.54) is 32.1 Å². The maximum absolute atomic E-state index is 13.0. The number of hydrogen-bond donors (Lipinski definition) is 0. The largest absolute Gasteiger partial charge is 0.342 e. The molecular formula is C20H33N5O2. The first-order valence-corrected chi connectivity index (χ1v) is 10.5. The molecule has 2 fully saturated rings. The van der Waals surface area contributed by atoms with Crippen LogP contribution in [0.4, 0.5) is 0 Å². The first-order valence-electron chi connectivity index (χ1n) is 10.5. The molecule has 0 radical (unpaired) electrons. The third-order valence-electron chi connectivity index (χ3n) is 5.97. The van der Waals surface area contributed by atoms with Crippen LogP contribution in [0.3, 0.4) is 0 Å². The molecule has 27 heavy (non-hydrogen) atoms. The lowest BCUT2D eigenvalue weighted by atomic mass is 9.87. The molecule has 0 spiro atoms. The van der Waals surface area contributed by atoms with Gasteiger partial charge in [-0.2, -0.15) is 0 Å². The van der Waals surface area contributed by atoms with Gasteiger partial charge in [0.05, 0.1) is 12.5 Å². The standard InChI is InChI=1S/C20H33N5O2/c1-3-11-24-15-21-22-18(24)14-23(2)20(27)17-9-10-19(26)25(13-17)12-16-7-5-4-6-8-16/h15-17H,3-14H2,1-2H3/t17-/m1/s1. The maximum Gasteiger partial charge on any atom is 0.227 e. The van der Waals surface area contributed by atoms with Gasteiger partial charge >= 0.3 is 0 Å². The van der Waals surface area contributed by atoms with Crippen LogP contribution in [0.1, 0.15) is 64.1 Å². The van der Waals surface area contributed by atoms with E-state index in [1.807, 2.05) is 16.5 Å². The average molecular weight is 376 g/mol. The predicted molar refractivity (Wildman–Crippen MR) is 103 cm³/mol. The van der Waals surface area contributed by atoms with Crippen LogP contribution < -0.4 is 0 Å². The number of likely N-dealkylation sites (tertiary alicyclic amines) is 1. The Morgan fingerprint density at radius 1 is 1.26 bits per heavy atom. The van der Waals surface area contributed by atoms with Crippen molar-refractivity contribution >= 4 is 11.8 Å². The molecule has 7 nitrogen and oxygen atoms in total. The van der Waals surface area contributed by atoms with Gasteiger partial charge in [-0.3, -0.25) is 9.59 Å². The van der Waals surface area contributed by atoms with Gasteiger partial charge in [-0.15, -0.1) is 10.2 Å². The molecule has 1 saturated carbocycles. The summed E-state index contributed by atoms with van der Waals surface area (Å²) in [5.41, 5.74) is 0. The van der Waals surface area contributed by atoms with Gasteiger partial charge in [-0.25, -0.2) is 0 Å². The average Bonchev–Trinajstić information content (AvgIpc) is 3.11. The molecular weight excluding hydrogens is 342 g/mol. The van der Waals surface area contributed by atoms with Gasteiger partial charge < -0.3 is 14.4 Å².